The average Bonchev–Trinajstić information content (AvgIpc) is 3.61. The zero-order valence-corrected chi connectivity index (χ0v) is 34.3. The van der Waals surface area contributed by atoms with Crippen LogP contribution in [0.15, 0.2) is 224 Å². The van der Waals surface area contributed by atoms with Gasteiger partial charge >= 0.3 is 0 Å². The van der Waals surface area contributed by atoms with Gasteiger partial charge in [0, 0.05) is 22.1 Å². The second kappa shape index (κ2) is 14.4. The van der Waals surface area contributed by atoms with Crippen molar-refractivity contribution in [1.29, 1.82) is 0 Å². The molecule has 0 bridgehead atoms. The zero-order valence-electron chi connectivity index (χ0n) is 34.3. The second-order valence-corrected chi connectivity index (χ2v) is 16.6. The zero-order chi connectivity index (χ0) is 41.2. The van der Waals surface area contributed by atoms with Crippen LogP contribution in [0.1, 0.15) is 23.6 Å². The first-order chi connectivity index (χ1) is 30.6. The summed E-state index contributed by atoms with van der Waals surface area (Å²) in [6.45, 7) is 2.37. The van der Waals surface area contributed by atoms with Crippen molar-refractivity contribution < 1.29 is 0 Å². The molecule has 1 heterocycles. The molecule has 1 atom stereocenters. The van der Waals surface area contributed by atoms with Gasteiger partial charge < -0.3 is 0 Å². The van der Waals surface area contributed by atoms with E-state index in [0.29, 0.717) is 5.82 Å². The molecule has 62 heavy (non-hydrogen) atoms. The van der Waals surface area contributed by atoms with Crippen molar-refractivity contribution in [2.45, 2.75) is 12.3 Å². The SMILES string of the molecule is CC1(c2ccccc2)c2ccccc2-c2ccc(-c3cc(-c4cccc(-c5ccccc5)c4)nc(-c4ccc(-c5c6ccccc6cc6c5ccc5ccccc56)cc4)n3)cc21. The summed E-state index contributed by atoms with van der Waals surface area (Å²) in [5, 5.41) is 7.49. The molecule has 0 saturated heterocycles. The lowest BCUT2D eigenvalue weighted by atomic mass is 9.74. The highest BCUT2D eigenvalue weighted by Gasteiger charge is 2.40. The molecule has 1 aromatic heterocycles. The highest BCUT2D eigenvalue weighted by molar-refractivity contribution is 6.20. The summed E-state index contributed by atoms with van der Waals surface area (Å²) in [6.07, 6.45) is 0. The molecule has 10 aromatic carbocycles. The minimum Gasteiger partial charge on any atom is -0.228 e. The summed E-state index contributed by atoms with van der Waals surface area (Å²) in [6, 6.07) is 81.3. The fraction of sp³-hybridized carbons (Fsp3) is 0.0333. The fourth-order valence-corrected chi connectivity index (χ4v) is 10.0. The van der Waals surface area contributed by atoms with Crippen LogP contribution in [0.25, 0.3) is 99.6 Å². The predicted octanol–water partition coefficient (Wildman–Crippen LogP) is 15.6. The molecule has 1 aliphatic rings. The summed E-state index contributed by atoms with van der Waals surface area (Å²) in [4.78, 5) is 10.7. The fourth-order valence-electron chi connectivity index (χ4n) is 10.0. The molecule has 11 aromatic rings. The Balaban J connectivity index is 1.03. The average molecular weight is 789 g/mol. The highest BCUT2D eigenvalue weighted by atomic mass is 14.9. The van der Waals surface area contributed by atoms with Crippen molar-refractivity contribution in [2.75, 3.05) is 0 Å². The Morgan fingerprint density at radius 1 is 0.323 bits per heavy atom. The molecule has 290 valence electrons. The minimum absolute atomic E-state index is 0.320. The lowest BCUT2D eigenvalue weighted by Crippen LogP contribution is -2.22. The molecule has 0 radical (unpaired) electrons. The molecule has 0 amide bonds. The van der Waals surface area contributed by atoms with Crippen molar-refractivity contribution >= 4 is 32.3 Å². The predicted molar refractivity (Wildman–Crippen MR) is 259 cm³/mol. The van der Waals surface area contributed by atoms with E-state index in [1.54, 1.807) is 0 Å². The Morgan fingerprint density at radius 3 is 1.73 bits per heavy atom. The highest BCUT2D eigenvalue weighted by Crippen LogP contribution is 2.53. The van der Waals surface area contributed by atoms with Gasteiger partial charge in [0.25, 0.3) is 0 Å². The van der Waals surface area contributed by atoms with Gasteiger partial charge in [-0.15, -0.1) is 0 Å². The summed E-state index contributed by atoms with van der Waals surface area (Å²) in [5.41, 5.74) is 15.7. The quantitative estimate of drug-likeness (QED) is 0.124. The summed E-state index contributed by atoms with van der Waals surface area (Å²) in [5.74, 6) is 0.692. The molecular formula is C60H40N2. The van der Waals surface area contributed by atoms with E-state index in [1.807, 2.05) is 0 Å². The lowest BCUT2D eigenvalue weighted by Gasteiger charge is -2.28. The van der Waals surface area contributed by atoms with Crippen molar-refractivity contribution in [2.24, 2.45) is 0 Å². The van der Waals surface area contributed by atoms with Crippen LogP contribution in [0.4, 0.5) is 0 Å². The van der Waals surface area contributed by atoms with Crippen LogP contribution in [-0.2, 0) is 5.41 Å². The molecule has 0 fully saturated rings. The van der Waals surface area contributed by atoms with Crippen LogP contribution in [0.2, 0.25) is 0 Å². The summed E-state index contributed by atoms with van der Waals surface area (Å²) in [7, 11) is 0. The Kier molecular flexibility index (Phi) is 8.33. The number of rotatable bonds is 6. The molecule has 0 aliphatic heterocycles. The van der Waals surface area contributed by atoms with E-state index in [1.165, 1.54) is 71.3 Å². The van der Waals surface area contributed by atoms with Crippen molar-refractivity contribution in [3.05, 3.63) is 241 Å². The first kappa shape index (κ1) is 36.0. The lowest BCUT2D eigenvalue weighted by molar-refractivity contribution is 0.714. The van der Waals surface area contributed by atoms with Gasteiger partial charge in [0.1, 0.15) is 0 Å². The van der Waals surface area contributed by atoms with Gasteiger partial charge in [-0.3, -0.25) is 0 Å². The van der Waals surface area contributed by atoms with Crippen molar-refractivity contribution in [3.8, 4) is 67.3 Å². The third kappa shape index (κ3) is 5.79. The first-order valence-electron chi connectivity index (χ1n) is 21.4. The van der Waals surface area contributed by atoms with E-state index in [-0.39, 0.29) is 5.41 Å². The Morgan fingerprint density at radius 2 is 0.919 bits per heavy atom. The van der Waals surface area contributed by atoms with Gasteiger partial charge in [0.05, 0.1) is 11.4 Å². The van der Waals surface area contributed by atoms with Crippen molar-refractivity contribution in [1.82, 2.24) is 9.97 Å². The molecule has 12 rings (SSSR count). The molecule has 0 N–H and O–H groups in total. The van der Waals surface area contributed by atoms with Gasteiger partial charge in [-0.1, -0.05) is 200 Å². The Bertz CT molecular complexity index is 3520. The van der Waals surface area contributed by atoms with Gasteiger partial charge in [-0.25, -0.2) is 9.97 Å². The molecule has 0 spiro atoms. The first-order valence-corrected chi connectivity index (χ1v) is 21.4. The topological polar surface area (TPSA) is 25.8 Å². The molecule has 1 unspecified atom stereocenters. The van der Waals surface area contributed by atoms with Gasteiger partial charge in [0.2, 0.25) is 0 Å². The van der Waals surface area contributed by atoms with Crippen LogP contribution < -0.4 is 0 Å². The number of hydrogen-bond donors (Lipinski definition) is 0. The summed E-state index contributed by atoms with van der Waals surface area (Å²) < 4.78 is 0. The van der Waals surface area contributed by atoms with E-state index in [0.717, 1.165) is 39.2 Å². The second-order valence-electron chi connectivity index (χ2n) is 16.6. The number of fused-ring (bicyclic) bond motifs is 7. The van der Waals surface area contributed by atoms with E-state index in [9.17, 15) is 0 Å². The largest absolute Gasteiger partial charge is 0.228 e. The number of nitrogens with zero attached hydrogens (tertiary/aromatic N) is 2. The molecule has 0 saturated carbocycles. The van der Waals surface area contributed by atoms with E-state index >= 15 is 0 Å². The van der Waals surface area contributed by atoms with Gasteiger partial charge in [-0.2, -0.15) is 0 Å². The van der Waals surface area contributed by atoms with Crippen LogP contribution in [0, 0.1) is 0 Å². The maximum Gasteiger partial charge on any atom is 0.160 e. The van der Waals surface area contributed by atoms with Crippen LogP contribution >= 0.6 is 0 Å². The molecule has 2 heteroatoms. The number of hydrogen-bond acceptors (Lipinski definition) is 2. The Labute approximate surface area is 361 Å². The van der Waals surface area contributed by atoms with Crippen LogP contribution in [0.3, 0.4) is 0 Å². The molecular weight excluding hydrogens is 749 g/mol. The monoisotopic (exact) mass is 788 g/mol. The minimum atomic E-state index is -0.320. The van der Waals surface area contributed by atoms with E-state index in [4.69, 9.17) is 9.97 Å². The van der Waals surface area contributed by atoms with Crippen LogP contribution in [-0.4, -0.2) is 9.97 Å². The maximum absolute atomic E-state index is 5.40. The molecule has 2 nitrogen and oxygen atoms in total. The molecule has 1 aliphatic carbocycles. The van der Waals surface area contributed by atoms with E-state index in [2.05, 4.69) is 231 Å². The normalized spacial score (nSPS) is 14.3. The van der Waals surface area contributed by atoms with Crippen molar-refractivity contribution in [3.63, 3.8) is 0 Å². The standard InChI is InChI=1S/C60H40N2/c1-60(47-21-6-3-7-22-47)54-26-13-12-25-50(54)51-33-32-46(37-55(51)60)57-38-56(45-20-14-19-43(35-45)39-15-4-2-5-16-39)61-59(62-57)42-29-27-41(28-30-42)58-49-24-11-9-18-44(49)36-53-48-23-10-8-17-40(48)31-34-52(53)58/h2-38H,1H3. The van der Waals surface area contributed by atoms with Gasteiger partial charge in [-0.05, 0) is 114 Å². The number of benzene rings is 10. The Hall–Kier alpha value is -7.94. The van der Waals surface area contributed by atoms with Crippen LogP contribution in [0.5, 0.6) is 0 Å². The number of aromatic nitrogens is 2. The van der Waals surface area contributed by atoms with E-state index < -0.39 is 0 Å². The van der Waals surface area contributed by atoms with Gasteiger partial charge in [0.15, 0.2) is 5.82 Å². The smallest absolute Gasteiger partial charge is 0.160 e. The third-order valence-corrected chi connectivity index (χ3v) is 13.2. The maximum atomic E-state index is 5.40. The summed E-state index contributed by atoms with van der Waals surface area (Å²) >= 11 is 0. The third-order valence-electron chi connectivity index (χ3n) is 13.2.